The van der Waals surface area contributed by atoms with E-state index in [1.807, 2.05) is 12.1 Å². The Kier molecular flexibility index (Phi) is 4.45. The van der Waals surface area contributed by atoms with Gasteiger partial charge in [-0.2, -0.15) is 5.26 Å². The molecule has 0 aliphatic carbocycles. The van der Waals surface area contributed by atoms with Gasteiger partial charge in [-0.3, -0.25) is 0 Å². The maximum absolute atomic E-state index is 8.79. The summed E-state index contributed by atoms with van der Waals surface area (Å²) in [6.45, 7) is 6.03. The van der Waals surface area contributed by atoms with E-state index in [1.54, 1.807) is 18.3 Å². The number of hydrogen-bond donors (Lipinski definition) is 1. The van der Waals surface area contributed by atoms with Gasteiger partial charge >= 0.3 is 0 Å². The van der Waals surface area contributed by atoms with E-state index in [0.29, 0.717) is 5.56 Å². The third-order valence-electron chi connectivity index (χ3n) is 3.82. The number of morpholine rings is 1. The quantitative estimate of drug-likeness (QED) is 0.942. The van der Waals surface area contributed by atoms with E-state index in [-0.39, 0.29) is 12.2 Å². The number of nitrogens with one attached hydrogen (secondary N) is 1. The highest BCUT2D eigenvalue weighted by atomic mass is 16.5. The molecular formula is C18H20N4O. The van der Waals surface area contributed by atoms with E-state index in [2.05, 4.69) is 47.3 Å². The van der Waals surface area contributed by atoms with Crippen LogP contribution in [-0.4, -0.2) is 30.3 Å². The predicted molar refractivity (Wildman–Crippen MR) is 90.9 cm³/mol. The molecule has 0 radical (unpaired) electrons. The lowest BCUT2D eigenvalue weighted by molar-refractivity contribution is -0.00521. The average molecular weight is 308 g/mol. The van der Waals surface area contributed by atoms with Gasteiger partial charge in [-0.25, -0.2) is 4.98 Å². The first-order valence-electron chi connectivity index (χ1n) is 7.77. The van der Waals surface area contributed by atoms with Crippen molar-refractivity contribution in [3.63, 3.8) is 0 Å². The first kappa shape index (κ1) is 15.3. The van der Waals surface area contributed by atoms with Crippen LogP contribution in [0.3, 0.4) is 0 Å². The van der Waals surface area contributed by atoms with E-state index >= 15 is 0 Å². The minimum Gasteiger partial charge on any atom is -0.372 e. The Labute approximate surface area is 136 Å². The summed E-state index contributed by atoms with van der Waals surface area (Å²) in [6.07, 6.45) is 2.06. The number of benzene rings is 1. The monoisotopic (exact) mass is 308 g/mol. The highest BCUT2D eigenvalue weighted by molar-refractivity contribution is 5.61. The first-order chi connectivity index (χ1) is 11.1. The maximum Gasteiger partial charge on any atom is 0.130 e. The second kappa shape index (κ2) is 6.67. The number of nitriles is 1. The van der Waals surface area contributed by atoms with Gasteiger partial charge in [0.1, 0.15) is 11.9 Å². The van der Waals surface area contributed by atoms with Gasteiger partial charge in [-0.15, -0.1) is 0 Å². The molecule has 5 heteroatoms. The molecule has 1 aliphatic heterocycles. The number of ether oxygens (including phenoxy) is 1. The van der Waals surface area contributed by atoms with Crippen LogP contribution in [0.4, 0.5) is 17.2 Å². The van der Waals surface area contributed by atoms with Crippen LogP contribution in [0.5, 0.6) is 0 Å². The summed E-state index contributed by atoms with van der Waals surface area (Å²) in [4.78, 5) is 6.57. The summed E-state index contributed by atoms with van der Waals surface area (Å²) in [7, 11) is 0. The van der Waals surface area contributed by atoms with Crippen LogP contribution < -0.4 is 10.2 Å². The van der Waals surface area contributed by atoms with Crippen LogP contribution in [0.2, 0.25) is 0 Å². The van der Waals surface area contributed by atoms with Crippen molar-refractivity contribution in [2.24, 2.45) is 0 Å². The number of nitrogens with zero attached hydrogens (tertiary/aromatic N) is 3. The molecule has 0 unspecified atom stereocenters. The van der Waals surface area contributed by atoms with E-state index in [9.17, 15) is 0 Å². The second-order valence-electron chi connectivity index (χ2n) is 5.88. The molecule has 0 spiro atoms. The van der Waals surface area contributed by atoms with E-state index in [4.69, 9.17) is 10.00 Å². The molecule has 2 aromatic rings. The molecule has 1 aliphatic rings. The van der Waals surface area contributed by atoms with E-state index in [1.165, 1.54) is 5.69 Å². The minimum absolute atomic E-state index is 0.249. The van der Waals surface area contributed by atoms with Gasteiger partial charge in [0.2, 0.25) is 0 Å². The normalized spacial score (nSPS) is 20.8. The number of hydrogen-bond acceptors (Lipinski definition) is 5. The van der Waals surface area contributed by atoms with Crippen molar-refractivity contribution in [2.45, 2.75) is 26.1 Å². The molecule has 0 amide bonds. The molecule has 1 N–H and O–H groups in total. The standard InChI is InChI=1S/C18H20N4O/c1-13-11-22(12-14(2)23-13)17-6-4-16(5-7-17)21-18-8-3-15(9-19)10-20-18/h3-8,10,13-14H,11-12H2,1-2H3,(H,20,21)/t13-,14+. The topological polar surface area (TPSA) is 61.2 Å². The zero-order valence-corrected chi connectivity index (χ0v) is 13.4. The first-order valence-corrected chi connectivity index (χ1v) is 7.77. The van der Waals surface area contributed by atoms with Crippen molar-refractivity contribution in [2.75, 3.05) is 23.3 Å². The maximum atomic E-state index is 8.79. The van der Waals surface area contributed by atoms with Crippen LogP contribution in [0.15, 0.2) is 42.6 Å². The highest BCUT2D eigenvalue weighted by Crippen LogP contribution is 2.23. The van der Waals surface area contributed by atoms with Gasteiger partial charge < -0.3 is 15.0 Å². The Morgan fingerprint density at radius 2 is 1.83 bits per heavy atom. The number of aromatic nitrogens is 1. The van der Waals surface area contributed by atoms with Crippen molar-refractivity contribution in [3.8, 4) is 6.07 Å². The molecular weight excluding hydrogens is 288 g/mol. The Hall–Kier alpha value is -2.58. The molecule has 1 fully saturated rings. The van der Waals surface area contributed by atoms with Crippen molar-refractivity contribution in [1.29, 1.82) is 5.26 Å². The third-order valence-corrected chi connectivity index (χ3v) is 3.82. The fourth-order valence-electron chi connectivity index (χ4n) is 2.83. The van der Waals surface area contributed by atoms with Crippen LogP contribution in [0, 0.1) is 11.3 Å². The van der Waals surface area contributed by atoms with Gasteiger partial charge in [0.15, 0.2) is 0 Å². The summed E-state index contributed by atoms with van der Waals surface area (Å²) in [5.41, 5.74) is 2.73. The Bertz CT molecular complexity index is 680. The Morgan fingerprint density at radius 3 is 2.39 bits per heavy atom. The molecule has 23 heavy (non-hydrogen) atoms. The Balaban J connectivity index is 1.68. The van der Waals surface area contributed by atoms with Crippen molar-refractivity contribution >= 4 is 17.2 Å². The number of anilines is 3. The second-order valence-corrected chi connectivity index (χ2v) is 5.88. The van der Waals surface area contributed by atoms with Crippen LogP contribution >= 0.6 is 0 Å². The molecule has 2 atom stereocenters. The fraction of sp³-hybridized carbons (Fsp3) is 0.333. The van der Waals surface area contributed by atoms with Crippen LogP contribution in [0.1, 0.15) is 19.4 Å². The molecule has 118 valence electrons. The summed E-state index contributed by atoms with van der Waals surface area (Å²) in [5, 5.41) is 12.0. The van der Waals surface area contributed by atoms with Crippen molar-refractivity contribution in [3.05, 3.63) is 48.2 Å². The van der Waals surface area contributed by atoms with Crippen molar-refractivity contribution < 1.29 is 4.74 Å². The third kappa shape index (κ3) is 3.79. The molecule has 1 aromatic heterocycles. The molecule has 1 saturated heterocycles. The lowest BCUT2D eigenvalue weighted by Crippen LogP contribution is -2.45. The smallest absolute Gasteiger partial charge is 0.130 e. The van der Waals surface area contributed by atoms with E-state index in [0.717, 1.165) is 24.6 Å². The van der Waals surface area contributed by atoms with Gasteiger partial charge in [-0.1, -0.05) is 0 Å². The van der Waals surface area contributed by atoms with E-state index < -0.39 is 0 Å². The molecule has 0 bridgehead atoms. The summed E-state index contributed by atoms with van der Waals surface area (Å²) < 4.78 is 5.77. The zero-order chi connectivity index (χ0) is 16.2. The van der Waals surface area contributed by atoms with Crippen LogP contribution in [-0.2, 0) is 4.74 Å². The van der Waals surface area contributed by atoms with Gasteiger partial charge in [-0.05, 0) is 50.2 Å². The van der Waals surface area contributed by atoms with Gasteiger partial charge in [0.25, 0.3) is 0 Å². The summed E-state index contributed by atoms with van der Waals surface area (Å²) in [6, 6.07) is 13.9. The lowest BCUT2D eigenvalue weighted by atomic mass is 10.2. The van der Waals surface area contributed by atoms with Gasteiger partial charge in [0, 0.05) is 30.7 Å². The highest BCUT2D eigenvalue weighted by Gasteiger charge is 2.22. The predicted octanol–water partition coefficient (Wildman–Crippen LogP) is 3.31. The van der Waals surface area contributed by atoms with Crippen molar-refractivity contribution in [1.82, 2.24) is 4.98 Å². The minimum atomic E-state index is 0.249. The Morgan fingerprint density at radius 1 is 1.13 bits per heavy atom. The fourth-order valence-corrected chi connectivity index (χ4v) is 2.83. The number of rotatable bonds is 3. The number of pyridine rings is 1. The SMILES string of the molecule is C[C@@H]1CN(c2ccc(Nc3ccc(C#N)cn3)cc2)C[C@H](C)O1. The van der Waals surface area contributed by atoms with Crippen LogP contribution in [0.25, 0.3) is 0 Å². The summed E-state index contributed by atoms with van der Waals surface area (Å²) in [5.74, 6) is 0.727. The molecule has 0 saturated carbocycles. The van der Waals surface area contributed by atoms with Gasteiger partial charge in [0.05, 0.1) is 17.8 Å². The molecule has 1 aromatic carbocycles. The average Bonchev–Trinajstić information content (AvgIpc) is 2.55. The largest absolute Gasteiger partial charge is 0.372 e. The molecule has 3 rings (SSSR count). The molecule has 2 heterocycles. The lowest BCUT2D eigenvalue weighted by Gasteiger charge is -2.36. The molecule has 5 nitrogen and oxygen atoms in total. The summed E-state index contributed by atoms with van der Waals surface area (Å²) >= 11 is 0. The zero-order valence-electron chi connectivity index (χ0n) is 13.4.